The molecule has 4 amide bonds. The van der Waals surface area contributed by atoms with Crippen LogP contribution in [0.3, 0.4) is 0 Å². The molecular formula is C36H43N5O6. The number of rotatable bonds is 11. The Morgan fingerprint density at radius 3 is 2.30 bits per heavy atom. The molecule has 2 aliphatic rings. The fourth-order valence-corrected chi connectivity index (χ4v) is 5.96. The van der Waals surface area contributed by atoms with Gasteiger partial charge >= 0.3 is 6.09 Å². The third kappa shape index (κ3) is 8.15. The molecule has 3 aromatic rings. The van der Waals surface area contributed by atoms with Gasteiger partial charge in [0.25, 0.3) is 5.91 Å². The summed E-state index contributed by atoms with van der Waals surface area (Å²) >= 11 is 0. The molecule has 4 atom stereocenters. The summed E-state index contributed by atoms with van der Waals surface area (Å²) in [7, 11) is 0. The molecule has 0 bridgehead atoms. The van der Waals surface area contributed by atoms with E-state index < -0.39 is 42.3 Å². The number of aliphatic imine (C=N–C) groups is 1. The second-order valence-corrected chi connectivity index (χ2v) is 12.7. The number of carbonyl (C=O) groups excluding carboxylic acids is 4. The SMILES string of the molecule is CC(C)C(NC(=O)[C@@H]1CCCN1C(=O)[C@@H](NC(=O)OCc1ccccc1)C(C)C)C(=O)N1C=NC(Cc2cccc3ccccc23)O1. The van der Waals surface area contributed by atoms with Crippen LogP contribution in [-0.4, -0.2) is 71.0 Å². The van der Waals surface area contributed by atoms with Gasteiger partial charge in [-0.2, -0.15) is 5.06 Å². The first-order chi connectivity index (χ1) is 22.6. The number of amides is 4. The van der Waals surface area contributed by atoms with Gasteiger partial charge in [0.15, 0.2) is 6.23 Å². The molecule has 3 aromatic carbocycles. The molecule has 2 N–H and O–H groups in total. The van der Waals surface area contributed by atoms with Crippen molar-refractivity contribution in [3.63, 3.8) is 0 Å². The van der Waals surface area contributed by atoms with E-state index in [2.05, 4.69) is 15.6 Å². The molecule has 2 aliphatic heterocycles. The molecule has 5 rings (SSSR count). The van der Waals surface area contributed by atoms with Crippen molar-refractivity contribution < 1.29 is 28.8 Å². The topological polar surface area (TPSA) is 130 Å². The lowest BCUT2D eigenvalue weighted by Crippen LogP contribution is -2.58. The molecule has 2 heterocycles. The Morgan fingerprint density at radius 2 is 1.55 bits per heavy atom. The van der Waals surface area contributed by atoms with Crippen LogP contribution in [0.25, 0.3) is 10.8 Å². The average molecular weight is 642 g/mol. The lowest BCUT2D eigenvalue weighted by Gasteiger charge is -2.32. The van der Waals surface area contributed by atoms with Crippen LogP contribution in [0.15, 0.2) is 77.8 Å². The van der Waals surface area contributed by atoms with E-state index in [0.717, 1.165) is 27.0 Å². The number of hydroxylamine groups is 2. The van der Waals surface area contributed by atoms with Crippen LogP contribution in [0.5, 0.6) is 0 Å². The van der Waals surface area contributed by atoms with Crippen molar-refractivity contribution in [1.29, 1.82) is 0 Å². The maximum absolute atomic E-state index is 13.7. The van der Waals surface area contributed by atoms with Gasteiger partial charge in [0.1, 0.15) is 31.1 Å². The molecule has 47 heavy (non-hydrogen) atoms. The van der Waals surface area contributed by atoms with E-state index in [1.165, 1.54) is 11.2 Å². The largest absolute Gasteiger partial charge is 0.445 e. The fraction of sp³-hybridized carbons (Fsp3) is 0.417. The molecule has 0 radical (unpaired) electrons. The lowest BCUT2D eigenvalue weighted by molar-refractivity contribution is -0.171. The van der Waals surface area contributed by atoms with Gasteiger partial charge in [-0.15, -0.1) is 0 Å². The molecule has 1 saturated heterocycles. The van der Waals surface area contributed by atoms with Gasteiger partial charge in [0, 0.05) is 13.0 Å². The van der Waals surface area contributed by atoms with Crippen LogP contribution < -0.4 is 10.6 Å². The Kier molecular flexibility index (Phi) is 10.9. The first-order valence-corrected chi connectivity index (χ1v) is 16.2. The van der Waals surface area contributed by atoms with Crippen molar-refractivity contribution in [3.05, 3.63) is 83.9 Å². The van der Waals surface area contributed by atoms with Crippen LogP contribution in [0.4, 0.5) is 4.79 Å². The second kappa shape index (κ2) is 15.2. The summed E-state index contributed by atoms with van der Waals surface area (Å²) in [5.74, 6) is -1.77. The maximum Gasteiger partial charge on any atom is 0.408 e. The minimum absolute atomic E-state index is 0.0698. The number of nitrogens with zero attached hydrogens (tertiary/aromatic N) is 3. The van der Waals surface area contributed by atoms with Gasteiger partial charge in [-0.25, -0.2) is 14.6 Å². The first kappa shape index (κ1) is 33.6. The number of hydrogen-bond acceptors (Lipinski definition) is 7. The van der Waals surface area contributed by atoms with Crippen molar-refractivity contribution >= 4 is 40.9 Å². The van der Waals surface area contributed by atoms with Crippen molar-refractivity contribution in [2.24, 2.45) is 16.8 Å². The van der Waals surface area contributed by atoms with Crippen LogP contribution in [0.2, 0.25) is 0 Å². The quantitative estimate of drug-likeness (QED) is 0.315. The highest BCUT2D eigenvalue weighted by molar-refractivity contribution is 5.96. The Balaban J connectivity index is 1.19. The van der Waals surface area contributed by atoms with E-state index in [1.54, 1.807) is 0 Å². The standard InChI is InChI=1S/C36H43N5O6/c1-23(2)31(39-36(45)46-21-25-12-6-5-7-13-25)34(43)40-19-11-18-29(40)33(42)38-32(24(3)4)35(44)41-22-37-30(47-41)20-27-16-10-15-26-14-8-9-17-28(26)27/h5-10,12-17,22-24,29-32H,11,18-21H2,1-4H3,(H,38,42)(H,39,45)/t29-,30?,31-,32?/m0/s1. The number of hydrogen-bond donors (Lipinski definition) is 2. The Hall–Kier alpha value is -4.77. The zero-order valence-electron chi connectivity index (χ0n) is 27.3. The normalized spacial score (nSPS) is 18.9. The summed E-state index contributed by atoms with van der Waals surface area (Å²) in [6.45, 7) is 7.74. The lowest BCUT2D eigenvalue weighted by atomic mass is 10.0. The summed E-state index contributed by atoms with van der Waals surface area (Å²) in [5.41, 5.74) is 1.88. The molecular weight excluding hydrogens is 598 g/mol. The van der Waals surface area contributed by atoms with E-state index in [9.17, 15) is 19.2 Å². The summed E-state index contributed by atoms with van der Waals surface area (Å²) in [6.07, 6.45) is 1.60. The average Bonchev–Trinajstić information content (AvgIpc) is 3.75. The zero-order valence-corrected chi connectivity index (χ0v) is 27.3. The van der Waals surface area contributed by atoms with Crippen LogP contribution >= 0.6 is 0 Å². The van der Waals surface area contributed by atoms with Crippen molar-refractivity contribution in [2.45, 2.75) is 77.9 Å². The molecule has 0 spiro atoms. The zero-order chi connectivity index (χ0) is 33.5. The third-order valence-corrected chi connectivity index (χ3v) is 8.55. The van der Waals surface area contributed by atoms with E-state index >= 15 is 0 Å². The highest BCUT2D eigenvalue weighted by Crippen LogP contribution is 2.24. The van der Waals surface area contributed by atoms with Crippen molar-refractivity contribution in [1.82, 2.24) is 20.6 Å². The molecule has 1 fully saturated rings. The number of fused-ring (bicyclic) bond motifs is 1. The molecule has 0 saturated carbocycles. The van der Waals surface area contributed by atoms with Gasteiger partial charge in [-0.3, -0.25) is 14.4 Å². The number of benzene rings is 3. The van der Waals surface area contributed by atoms with Crippen LogP contribution in [0.1, 0.15) is 51.7 Å². The molecule has 0 aliphatic carbocycles. The van der Waals surface area contributed by atoms with Gasteiger partial charge in [0.05, 0.1) is 0 Å². The summed E-state index contributed by atoms with van der Waals surface area (Å²) in [4.78, 5) is 65.4. The van der Waals surface area contributed by atoms with Gasteiger partial charge in [-0.1, -0.05) is 100 Å². The van der Waals surface area contributed by atoms with Crippen molar-refractivity contribution in [3.8, 4) is 0 Å². The van der Waals surface area contributed by atoms with Gasteiger partial charge in [0.2, 0.25) is 11.8 Å². The minimum atomic E-state index is -0.908. The van der Waals surface area contributed by atoms with E-state index in [-0.39, 0.29) is 24.3 Å². The molecule has 2 unspecified atom stereocenters. The first-order valence-electron chi connectivity index (χ1n) is 16.2. The Labute approximate surface area is 275 Å². The van der Waals surface area contributed by atoms with E-state index in [1.807, 2.05) is 100 Å². The van der Waals surface area contributed by atoms with E-state index in [0.29, 0.717) is 25.8 Å². The number of carbonyl (C=O) groups is 4. The predicted molar refractivity (Wildman–Crippen MR) is 178 cm³/mol. The van der Waals surface area contributed by atoms with E-state index in [4.69, 9.17) is 9.57 Å². The number of likely N-dealkylation sites (tertiary alicyclic amines) is 1. The summed E-state index contributed by atoms with van der Waals surface area (Å²) < 4.78 is 5.34. The Morgan fingerprint density at radius 1 is 0.872 bits per heavy atom. The van der Waals surface area contributed by atoms with Gasteiger partial charge < -0.3 is 20.3 Å². The number of alkyl carbamates (subject to hydrolysis) is 1. The van der Waals surface area contributed by atoms with Crippen molar-refractivity contribution in [2.75, 3.05) is 6.54 Å². The van der Waals surface area contributed by atoms with Crippen LogP contribution in [0, 0.1) is 11.8 Å². The maximum atomic E-state index is 13.7. The monoisotopic (exact) mass is 641 g/mol. The van der Waals surface area contributed by atoms with Gasteiger partial charge in [-0.05, 0) is 46.6 Å². The predicted octanol–water partition coefficient (Wildman–Crippen LogP) is 4.59. The number of nitrogens with one attached hydrogen (secondary N) is 2. The number of ether oxygens (including phenoxy) is 1. The van der Waals surface area contributed by atoms with Crippen LogP contribution in [-0.2, 0) is 37.0 Å². The second-order valence-electron chi connectivity index (χ2n) is 12.7. The minimum Gasteiger partial charge on any atom is -0.445 e. The molecule has 0 aromatic heterocycles. The highest BCUT2D eigenvalue weighted by atomic mass is 16.7. The molecule has 11 heteroatoms. The smallest absolute Gasteiger partial charge is 0.408 e. The molecule has 248 valence electrons. The third-order valence-electron chi connectivity index (χ3n) is 8.55. The summed E-state index contributed by atoms with van der Waals surface area (Å²) in [6, 6.07) is 20.8. The Bertz CT molecular complexity index is 1600. The highest BCUT2D eigenvalue weighted by Gasteiger charge is 2.41. The molecule has 11 nitrogen and oxygen atoms in total. The summed E-state index contributed by atoms with van der Waals surface area (Å²) in [5, 5.41) is 8.88. The fourth-order valence-electron chi connectivity index (χ4n) is 5.96.